The second-order valence-electron chi connectivity index (χ2n) is 3.67. The number of hydrogen-bond acceptors (Lipinski definition) is 3. The van der Waals surface area contributed by atoms with Gasteiger partial charge in [-0.3, -0.25) is 4.79 Å². The molecule has 18 heavy (non-hydrogen) atoms. The molecule has 0 unspecified atom stereocenters. The molecule has 5 heteroatoms. The molecule has 5 nitrogen and oxygen atoms in total. The summed E-state index contributed by atoms with van der Waals surface area (Å²) in [5.41, 5.74) is 0.941. The first-order chi connectivity index (χ1) is 8.54. The number of carboxylic acid groups (broad SMARTS) is 1. The van der Waals surface area contributed by atoms with E-state index in [9.17, 15) is 9.59 Å². The van der Waals surface area contributed by atoms with E-state index in [1.807, 2.05) is 30.3 Å². The molecule has 0 atom stereocenters. The zero-order valence-electron chi connectivity index (χ0n) is 10.0. The van der Waals surface area contributed by atoms with E-state index in [2.05, 4.69) is 0 Å². The van der Waals surface area contributed by atoms with E-state index >= 15 is 0 Å². The molecular formula is C13H15NO4. The van der Waals surface area contributed by atoms with Crippen LogP contribution in [0.2, 0.25) is 0 Å². The van der Waals surface area contributed by atoms with Crippen molar-refractivity contribution in [2.24, 2.45) is 0 Å². The lowest BCUT2D eigenvalue weighted by Crippen LogP contribution is -2.29. The van der Waals surface area contributed by atoms with Crippen LogP contribution in [0.15, 0.2) is 42.2 Å². The van der Waals surface area contributed by atoms with E-state index in [4.69, 9.17) is 10.2 Å². The Labute approximate surface area is 105 Å². The highest BCUT2D eigenvalue weighted by Crippen LogP contribution is 2.05. The number of rotatable bonds is 5. The van der Waals surface area contributed by atoms with Gasteiger partial charge in [0.25, 0.3) is 5.91 Å². The fourth-order valence-electron chi connectivity index (χ4n) is 1.42. The highest BCUT2D eigenvalue weighted by atomic mass is 16.4. The van der Waals surface area contributed by atoms with Gasteiger partial charge in [0.2, 0.25) is 5.76 Å². The molecule has 2 N–H and O–H groups in total. The maximum absolute atomic E-state index is 11.7. The lowest BCUT2D eigenvalue weighted by atomic mass is 10.2. The topological polar surface area (TPSA) is 77.8 Å². The van der Waals surface area contributed by atoms with Gasteiger partial charge >= 0.3 is 5.97 Å². The Hall–Kier alpha value is -2.30. The van der Waals surface area contributed by atoms with Gasteiger partial charge < -0.3 is 15.1 Å². The number of carboxylic acids is 1. The van der Waals surface area contributed by atoms with E-state index in [1.54, 1.807) is 6.92 Å². The van der Waals surface area contributed by atoms with Crippen LogP contribution in [-0.4, -0.2) is 33.5 Å². The van der Waals surface area contributed by atoms with Gasteiger partial charge in [-0.25, -0.2) is 4.79 Å². The highest BCUT2D eigenvalue weighted by Gasteiger charge is 2.13. The zero-order chi connectivity index (χ0) is 13.5. The van der Waals surface area contributed by atoms with Crippen LogP contribution in [0.1, 0.15) is 12.5 Å². The zero-order valence-corrected chi connectivity index (χ0v) is 10.0. The van der Waals surface area contributed by atoms with Gasteiger partial charge in [-0.1, -0.05) is 30.3 Å². The Balaban J connectivity index is 2.75. The van der Waals surface area contributed by atoms with Gasteiger partial charge in [-0.2, -0.15) is 0 Å². The average molecular weight is 249 g/mol. The number of benzene rings is 1. The van der Waals surface area contributed by atoms with Gasteiger partial charge in [0.05, 0.1) is 6.08 Å². The quantitative estimate of drug-likeness (QED) is 0.613. The largest absolute Gasteiger partial charge is 0.502 e. The van der Waals surface area contributed by atoms with Gasteiger partial charge in [0.15, 0.2) is 0 Å². The van der Waals surface area contributed by atoms with E-state index in [-0.39, 0.29) is 0 Å². The SMILES string of the molecule is CCN(Cc1ccccc1)C(=O)/C=C(\O)C(=O)O. The van der Waals surface area contributed by atoms with Crippen molar-refractivity contribution in [2.75, 3.05) is 6.54 Å². The minimum absolute atomic E-state index is 0.375. The van der Waals surface area contributed by atoms with Crippen LogP contribution in [0.3, 0.4) is 0 Å². The molecule has 1 rings (SSSR count). The molecule has 0 aliphatic carbocycles. The molecule has 0 aliphatic rings. The molecule has 96 valence electrons. The summed E-state index contributed by atoms with van der Waals surface area (Å²) in [5, 5.41) is 17.5. The molecule has 1 aromatic rings. The Morgan fingerprint density at radius 3 is 2.33 bits per heavy atom. The molecule has 0 fully saturated rings. The second-order valence-corrected chi connectivity index (χ2v) is 3.67. The molecule has 1 aromatic carbocycles. The molecule has 0 radical (unpaired) electrons. The summed E-state index contributed by atoms with van der Waals surface area (Å²) >= 11 is 0. The van der Waals surface area contributed by atoms with Crippen LogP contribution >= 0.6 is 0 Å². The minimum atomic E-state index is -1.51. The van der Waals surface area contributed by atoms with Gasteiger partial charge in [0, 0.05) is 13.1 Å². The van der Waals surface area contributed by atoms with Gasteiger partial charge in [0.1, 0.15) is 0 Å². The monoisotopic (exact) mass is 249 g/mol. The normalized spacial score (nSPS) is 11.1. The molecule has 0 heterocycles. The van der Waals surface area contributed by atoms with Crippen LogP contribution in [-0.2, 0) is 16.1 Å². The summed E-state index contributed by atoms with van der Waals surface area (Å²) in [4.78, 5) is 23.6. The van der Waals surface area contributed by atoms with Crippen molar-refractivity contribution in [3.8, 4) is 0 Å². The third kappa shape index (κ3) is 3.93. The third-order valence-corrected chi connectivity index (χ3v) is 2.39. The van der Waals surface area contributed by atoms with Gasteiger partial charge in [-0.15, -0.1) is 0 Å². The summed E-state index contributed by atoms with van der Waals surface area (Å²) in [7, 11) is 0. The Morgan fingerprint density at radius 2 is 1.83 bits per heavy atom. The number of aliphatic hydroxyl groups excluding tert-OH is 1. The van der Waals surface area contributed by atoms with Crippen molar-refractivity contribution in [3.05, 3.63) is 47.7 Å². The van der Waals surface area contributed by atoms with Crippen molar-refractivity contribution in [2.45, 2.75) is 13.5 Å². The van der Waals surface area contributed by atoms with Crippen molar-refractivity contribution >= 4 is 11.9 Å². The fraction of sp³-hybridized carbons (Fsp3) is 0.231. The predicted octanol–water partition coefficient (Wildman–Crippen LogP) is 1.56. The number of aliphatic carboxylic acids is 1. The fourth-order valence-corrected chi connectivity index (χ4v) is 1.42. The predicted molar refractivity (Wildman–Crippen MR) is 65.9 cm³/mol. The third-order valence-electron chi connectivity index (χ3n) is 2.39. The molecule has 1 amide bonds. The molecule has 0 bridgehead atoms. The van der Waals surface area contributed by atoms with Crippen LogP contribution < -0.4 is 0 Å². The highest BCUT2D eigenvalue weighted by molar-refractivity contribution is 5.95. The van der Waals surface area contributed by atoms with Crippen LogP contribution in [0.5, 0.6) is 0 Å². The van der Waals surface area contributed by atoms with Crippen LogP contribution in [0, 0.1) is 0 Å². The summed E-state index contributed by atoms with van der Waals surface area (Å²) in [6.07, 6.45) is 0.717. The van der Waals surface area contributed by atoms with E-state index in [0.29, 0.717) is 13.1 Å². The number of carbonyl (C=O) groups is 2. The first kappa shape index (κ1) is 13.8. The van der Waals surface area contributed by atoms with Crippen molar-refractivity contribution in [1.82, 2.24) is 4.90 Å². The van der Waals surface area contributed by atoms with Crippen LogP contribution in [0.4, 0.5) is 0 Å². The number of likely N-dealkylation sites (N-methyl/N-ethyl adjacent to an activating group) is 1. The van der Waals surface area contributed by atoms with Gasteiger partial charge in [-0.05, 0) is 12.5 Å². The number of carbonyl (C=O) groups excluding carboxylic acids is 1. The van der Waals surface area contributed by atoms with E-state index in [0.717, 1.165) is 11.6 Å². The molecule has 0 saturated heterocycles. The summed E-state index contributed by atoms with van der Waals surface area (Å²) in [5.74, 6) is -2.99. The Morgan fingerprint density at radius 1 is 1.22 bits per heavy atom. The van der Waals surface area contributed by atoms with Crippen molar-refractivity contribution in [3.63, 3.8) is 0 Å². The lowest BCUT2D eigenvalue weighted by molar-refractivity contribution is -0.136. The minimum Gasteiger partial charge on any atom is -0.502 e. The standard InChI is InChI=1S/C13H15NO4/c1-2-14(9-10-6-4-3-5-7-10)12(16)8-11(15)13(17)18/h3-8,15H,2,9H2,1H3,(H,17,18)/b11-8-. The lowest BCUT2D eigenvalue weighted by Gasteiger charge is -2.19. The van der Waals surface area contributed by atoms with E-state index in [1.165, 1.54) is 4.90 Å². The number of hydrogen-bond donors (Lipinski definition) is 2. The Bertz CT molecular complexity index is 453. The molecular weight excluding hydrogens is 234 g/mol. The average Bonchev–Trinajstić information content (AvgIpc) is 2.36. The summed E-state index contributed by atoms with van der Waals surface area (Å²) < 4.78 is 0. The van der Waals surface area contributed by atoms with Crippen LogP contribution in [0.25, 0.3) is 0 Å². The number of amides is 1. The van der Waals surface area contributed by atoms with Crippen molar-refractivity contribution < 1.29 is 19.8 Å². The number of aliphatic hydroxyl groups is 1. The smallest absolute Gasteiger partial charge is 0.371 e. The summed E-state index contributed by atoms with van der Waals surface area (Å²) in [6.45, 7) is 2.59. The second kappa shape index (κ2) is 6.44. The first-order valence-corrected chi connectivity index (χ1v) is 5.51. The molecule has 0 aromatic heterocycles. The van der Waals surface area contributed by atoms with E-state index < -0.39 is 17.6 Å². The van der Waals surface area contributed by atoms with Crippen molar-refractivity contribution in [1.29, 1.82) is 0 Å². The maximum atomic E-state index is 11.7. The maximum Gasteiger partial charge on any atom is 0.371 e. The molecule has 0 aliphatic heterocycles. The summed E-state index contributed by atoms with van der Waals surface area (Å²) in [6, 6.07) is 9.33. The first-order valence-electron chi connectivity index (χ1n) is 5.51. The molecule has 0 spiro atoms. The Kier molecular flexibility index (Phi) is 4.92. The molecule has 0 saturated carbocycles. The number of nitrogens with zero attached hydrogens (tertiary/aromatic N) is 1.